The molecule has 41 heavy (non-hydrogen) atoms. The Hall–Kier alpha value is -3.99. The molecule has 1 saturated heterocycles. The molecule has 3 aromatic rings. The lowest BCUT2D eigenvalue weighted by atomic mass is 9.94. The molecule has 2 aliphatic heterocycles. The summed E-state index contributed by atoms with van der Waals surface area (Å²) in [4.78, 5) is 33.0. The van der Waals surface area contributed by atoms with Crippen molar-refractivity contribution >= 4 is 35.2 Å². The molecule has 11 heteroatoms. The van der Waals surface area contributed by atoms with E-state index < -0.39 is 6.04 Å². The maximum absolute atomic E-state index is 13.8. The van der Waals surface area contributed by atoms with Gasteiger partial charge in [0.05, 0.1) is 12.7 Å². The molecule has 2 amide bonds. The molecular weight excluding hydrogens is 540 g/mol. The lowest BCUT2D eigenvalue weighted by Gasteiger charge is -2.29. The molecule has 1 atom stereocenters. The zero-order valence-corrected chi connectivity index (χ0v) is 24.7. The van der Waals surface area contributed by atoms with Crippen molar-refractivity contribution in [2.75, 3.05) is 43.2 Å². The number of nitrogens with one attached hydrogen (secondary N) is 2. The largest absolute Gasteiger partial charge is 0.493 e. The Labute approximate surface area is 244 Å². The van der Waals surface area contributed by atoms with E-state index in [9.17, 15) is 9.59 Å². The smallest absolute Gasteiger partial charge is 0.260 e. The number of methoxy groups -OCH3 is 1. The van der Waals surface area contributed by atoms with Gasteiger partial charge in [0.15, 0.2) is 18.1 Å². The zero-order chi connectivity index (χ0) is 28.9. The minimum atomic E-state index is -0.576. The van der Waals surface area contributed by atoms with Crippen molar-refractivity contribution in [3.8, 4) is 11.5 Å². The lowest BCUT2D eigenvalue weighted by molar-refractivity contribution is -0.134. The number of aryl methyl sites for hydroxylation is 1. The Morgan fingerprint density at radius 1 is 1.10 bits per heavy atom. The Kier molecular flexibility index (Phi) is 8.82. The van der Waals surface area contributed by atoms with Gasteiger partial charge in [0.25, 0.3) is 11.8 Å². The molecule has 0 bridgehead atoms. The van der Waals surface area contributed by atoms with Crippen LogP contribution < -0.4 is 20.1 Å². The standard InChI is InChI=1S/C30H36N6O4S/c1-5-41-30-33-29-31-20(3)26(28(38)32-22-11-9-10-19(2)16-22)27(36(29)34-30)21-12-13-23(24(17-21)39-4)40-18-25(37)35-14-7-6-8-15-35/h9-13,16-17,27H,5-8,14-15,18H2,1-4H3,(H,32,38)(H,31,33,34). The third kappa shape index (κ3) is 6.35. The summed E-state index contributed by atoms with van der Waals surface area (Å²) < 4.78 is 13.3. The molecule has 2 aromatic carbocycles. The number of hydrogen-bond acceptors (Lipinski definition) is 8. The molecule has 0 radical (unpaired) electrons. The van der Waals surface area contributed by atoms with Crippen molar-refractivity contribution in [3.63, 3.8) is 0 Å². The summed E-state index contributed by atoms with van der Waals surface area (Å²) in [6, 6.07) is 12.6. The number of benzene rings is 2. The number of ether oxygens (including phenoxy) is 2. The van der Waals surface area contributed by atoms with Crippen LogP contribution in [0.4, 0.5) is 11.6 Å². The normalized spacial score (nSPS) is 16.6. The van der Waals surface area contributed by atoms with Crippen molar-refractivity contribution in [1.29, 1.82) is 0 Å². The van der Waals surface area contributed by atoms with E-state index in [1.54, 1.807) is 17.9 Å². The highest BCUT2D eigenvalue weighted by Crippen LogP contribution is 2.40. The first kappa shape index (κ1) is 28.5. The summed E-state index contributed by atoms with van der Waals surface area (Å²) in [7, 11) is 1.56. The molecule has 2 aliphatic rings. The maximum atomic E-state index is 13.8. The summed E-state index contributed by atoms with van der Waals surface area (Å²) in [5, 5.41) is 11.7. The number of aromatic nitrogens is 3. The number of fused-ring (bicyclic) bond motifs is 1. The molecule has 0 spiro atoms. The van der Waals surface area contributed by atoms with Crippen LogP contribution >= 0.6 is 11.8 Å². The summed E-state index contributed by atoms with van der Waals surface area (Å²) in [6.07, 6.45) is 3.20. The average molecular weight is 577 g/mol. The van der Waals surface area contributed by atoms with Crippen LogP contribution in [-0.2, 0) is 9.59 Å². The van der Waals surface area contributed by atoms with Gasteiger partial charge in [-0.05, 0) is 74.3 Å². The van der Waals surface area contributed by atoms with E-state index in [2.05, 4.69) is 15.6 Å². The van der Waals surface area contributed by atoms with E-state index in [-0.39, 0.29) is 18.4 Å². The number of hydrogen-bond donors (Lipinski definition) is 2. The monoisotopic (exact) mass is 576 g/mol. The van der Waals surface area contributed by atoms with Gasteiger partial charge >= 0.3 is 0 Å². The number of rotatable bonds is 9. The van der Waals surface area contributed by atoms with Crippen LogP contribution in [0.15, 0.2) is 58.9 Å². The quantitative estimate of drug-likeness (QED) is 0.342. The first-order chi connectivity index (χ1) is 19.9. The van der Waals surface area contributed by atoms with E-state index in [0.717, 1.165) is 49.2 Å². The van der Waals surface area contributed by atoms with Crippen molar-refractivity contribution in [2.24, 2.45) is 0 Å². The molecule has 0 aliphatic carbocycles. The Balaban J connectivity index is 1.46. The van der Waals surface area contributed by atoms with E-state index in [4.69, 9.17) is 14.6 Å². The zero-order valence-electron chi connectivity index (χ0n) is 23.9. The first-order valence-corrected chi connectivity index (χ1v) is 14.9. The second-order valence-electron chi connectivity index (χ2n) is 10.1. The van der Waals surface area contributed by atoms with Crippen molar-refractivity contribution in [1.82, 2.24) is 19.7 Å². The molecule has 5 rings (SSSR count). The molecule has 3 heterocycles. The lowest BCUT2D eigenvalue weighted by Crippen LogP contribution is -2.38. The number of anilines is 2. The molecule has 216 valence electrons. The molecule has 1 fully saturated rings. The molecule has 0 saturated carbocycles. The van der Waals surface area contributed by atoms with Gasteiger partial charge in [0, 0.05) is 24.5 Å². The molecule has 2 N–H and O–H groups in total. The van der Waals surface area contributed by atoms with Crippen LogP contribution in [-0.4, -0.2) is 64.0 Å². The Bertz CT molecular complexity index is 1460. The van der Waals surface area contributed by atoms with Gasteiger partial charge in [0.2, 0.25) is 11.1 Å². The van der Waals surface area contributed by atoms with Crippen LogP contribution in [0.2, 0.25) is 0 Å². The van der Waals surface area contributed by atoms with Crippen molar-refractivity contribution in [2.45, 2.75) is 51.2 Å². The van der Waals surface area contributed by atoms with Crippen LogP contribution in [0, 0.1) is 6.92 Å². The van der Waals surface area contributed by atoms with Gasteiger partial charge in [-0.1, -0.05) is 36.9 Å². The van der Waals surface area contributed by atoms with E-state index in [1.165, 1.54) is 11.8 Å². The van der Waals surface area contributed by atoms with Crippen LogP contribution in [0.1, 0.15) is 50.3 Å². The topological polar surface area (TPSA) is 111 Å². The number of carbonyl (C=O) groups is 2. The van der Waals surface area contributed by atoms with Gasteiger partial charge in [-0.15, -0.1) is 5.10 Å². The number of amides is 2. The Morgan fingerprint density at radius 3 is 2.63 bits per heavy atom. The number of allylic oxidation sites excluding steroid dienone is 1. The SMILES string of the molecule is CCSc1nc2n(n1)C(c1ccc(OCC(=O)N3CCCCC3)c(OC)c1)C(C(=O)Nc1cccc(C)c1)=C(C)N2. The number of nitrogens with zero attached hydrogens (tertiary/aromatic N) is 4. The molecule has 1 aromatic heterocycles. The van der Waals surface area contributed by atoms with Gasteiger partial charge < -0.3 is 25.0 Å². The highest BCUT2D eigenvalue weighted by molar-refractivity contribution is 7.99. The van der Waals surface area contributed by atoms with Gasteiger partial charge in [-0.3, -0.25) is 9.59 Å². The number of piperidine rings is 1. The van der Waals surface area contributed by atoms with E-state index >= 15 is 0 Å². The minimum absolute atomic E-state index is 0.0314. The number of likely N-dealkylation sites (tertiary alicyclic amines) is 1. The minimum Gasteiger partial charge on any atom is -0.493 e. The van der Waals surface area contributed by atoms with Crippen LogP contribution in [0.5, 0.6) is 11.5 Å². The summed E-state index contributed by atoms with van der Waals surface area (Å²) in [5.74, 6) is 2.02. The van der Waals surface area contributed by atoms with E-state index in [1.807, 2.05) is 62.1 Å². The second kappa shape index (κ2) is 12.7. The number of carbonyl (C=O) groups excluding carboxylic acids is 2. The summed E-state index contributed by atoms with van der Waals surface area (Å²) in [6.45, 7) is 7.37. The third-order valence-electron chi connectivity index (χ3n) is 7.19. The van der Waals surface area contributed by atoms with Gasteiger partial charge in [0.1, 0.15) is 6.04 Å². The fourth-order valence-electron chi connectivity index (χ4n) is 5.19. The van der Waals surface area contributed by atoms with Crippen LogP contribution in [0.25, 0.3) is 0 Å². The van der Waals surface area contributed by atoms with Crippen molar-refractivity contribution < 1.29 is 19.1 Å². The predicted octanol–water partition coefficient (Wildman–Crippen LogP) is 5.03. The highest BCUT2D eigenvalue weighted by atomic mass is 32.2. The predicted molar refractivity (Wildman–Crippen MR) is 160 cm³/mol. The van der Waals surface area contributed by atoms with Gasteiger partial charge in [-0.2, -0.15) is 4.98 Å². The molecular formula is C30H36N6O4S. The molecule has 10 nitrogen and oxygen atoms in total. The average Bonchev–Trinajstić information content (AvgIpc) is 3.37. The first-order valence-electron chi connectivity index (χ1n) is 13.9. The highest BCUT2D eigenvalue weighted by Gasteiger charge is 2.35. The molecule has 1 unspecified atom stereocenters. The summed E-state index contributed by atoms with van der Waals surface area (Å²) in [5.41, 5.74) is 3.71. The van der Waals surface area contributed by atoms with Crippen molar-refractivity contribution in [3.05, 3.63) is 64.9 Å². The van der Waals surface area contributed by atoms with Crippen LogP contribution in [0.3, 0.4) is 0 Å². The number of thioether (sulfide) groups is 1. The Morgan fingerprint density at radius 2 is 1.90 bits per heavy atom. The fourth-order valence-corrected chi connectivity index (χ4v) is 5.75. The third-order valence-corrected chi connectivity index (χ3v) is 7.91. The van der Waals surface area contributed by atoms with E-state index in [0.29, 0.717) is 39.6 Å². The fraction of sp³-hybridized carbons (Fsp3) is 0.400. The summed E-state index contributed by atoms with van der Waals surface area (Å²) >= 11 is 1.53. The maximum Gasteiger partial charge on any atom is 0.260 e. The second-order valence-corrected chi connectivity index (χ2v) is 11.4. The van der Waals surface area contributed by atoms with Gasteiger partial charge in [-0.25, -0.2) is 4.68 Å².